The molecule has 0 saturated heterocycles. The van der Waals surface area contributed by atoms with Crippen LogP contribution >= 0.6 is 0 Å². The highest BCUT2D eigenvalue weighted by atomic mass is 16.5. The third-order valence-electron chi connectivity index (χ3n) is 2.94. The highest BCUT2D eigenvalue weighted by molar-refractivity contribution is 5.42. The molecular weight excluding hydrogens is 242 g/mol. The first-order chi connectivity index (χ1) is 9.24. The molecule has 1 unspecified atom stereocenters. The number of nitrogens with one attached hydrogen (secondary N) is 1. The van der Waals surface area contributed by atoms with Crippen LogP contribution in [-0.2, 0) is 11.2 Å². The first-order valence-electron chi connectivity index (χ1n) is 6.77. The number of ether oxygens (including phenoxy) is 3. The van der Waals surface area contributed by atoms with E-state index >= 15 is 0 Å². The van der Waals surface area contributed by atoms with Gasteiger partial charge in [0.2, 0.25) is 0 Å². The summed E-state index contributed by atoms with van der Waals surface area (Å²) in [6.07, 6.45) is 0.986. The number of likely N-dealkylation sites (N-methyl/N-ethyl adjacent to an activating group) is 1. The zero-order valence-electron chi connectivity index (χ0n) is 12.4. The molecule has 1 N–H and O–H groups in total. The molecule has 108 valence electrons. The predicted molar refractivity (Wildman–Crippen MR) is 77.2 cm³/mol. The van der Waals surface area contributed by atoms with Crippen LogP contribution in [0.4, 0.5) is 0 Å². The van der Waals surface area contributed by atoms with Crippen molar-refractivity contribution in [3.05, 3.63) is 23.8 Å². The van der Waals surface area contributed by atoms with Gasteiger partial charge in [-0.1, -0.05) is 19.9 Å². The number of hydrogen-bond donors (Lipinski definition) is 1. The van der Waals surface area contributed by atoms with Gasteiger partial charge in [0.15, 0.2) is 11.5 Å². The lowest BCUT2D eigenvalue weighted by molar-refractivity contribution is 0.135. The molecule has 0 saturated carbocycles. The molecule has 0 spiro atoms. The first-order valence-corrected chi connectivity index (χ1v) is 6.77. The maximum atomic E-state index is 5.83. The van der Waals surface area contributed by atoms with E-state index < -0.39 is 0 Å². The molecule has 0 fully saturated rings. The van der Waals surface area contributed by atoms with Crippen LogP contribution in [0.2, 0.25) is 0 Å². The predicted octanol–water partition coefficient (Wildman–Crippen LogP) is 2.26. The van der Waals surface area contributed by atoms with Gasteiger partial charge in [0.05, 0.1) is 19.8 Å². The fourth-order valence-electron chi connectivity index (χ4n) is 1.90. The molecule has 0 amide bonds. The molecule has 1 rings (SSSR count). The Labute approximate surface area is 116 Å². The highest BCUT2D eigenvalue weighted by Gasteiger charge is 2.10. The molecule has 0 heterocycles. The summed E-state index contributed by atoms with van der Waals surface area (Å²) in [5, 5.41) is 3.32. The average Bonchev–Trinajstić information content (AvgIpc) is 2.45. The van der Waals surface area contributed by atoms with Crippen molar-refractivity contribution < 1.29 is 14.2 Å². The Morgan fingerprint density at radius 3 is 2.47 bits per heavy atom. The Hall–Kier alpha value is -1.26. The first kappa shape index (κ1) is 15.8. The summed E-state index contributed by atoms with van der Waals surface area (Å²) < 4.78 is 16.4. The lowest BCUT2D eigenvalue weighted by atomic mass is 10.1. The molecule has 4 nitrogen and oxygen atoms in total. The molecule has 19 heavy (non-hydrogen) atoms. The molecule has 0 aliphatic heterocycles. The van der Waals surface area contributed by atoms with Gasteiger partial charge in [-0.25, -0.2) is 0 Å². The van der Waals surface area contributed by atoms with Crippen molar-refractivity contribution in [1.82, 2.24) is 5.32 Å². The number of hydrogen-bond acceptors (Lipinski definition) is 4. The lowest BCUT2D eigenvalue weighted by Gasteiger charge is -2.19. The summed E-state index contributed by atoms with van der Waals surface area (Å²) in [6, 6.07) is 6.24. The number of methoxy groups -OCH3 is 2. The Kier molecular flexibility index (Phi) is 7.30. The molecule has 0 aromatic heterocycles. The zero-order valence-corrected chi connectivity index (χ0v) is 12.4. The summed E-state index contributed by atoms with van der Waals surface area (Å²) in [4.78, 5) is 0. The Morgan fingerprint density at radius 1 is 1.11 bits per heavy atom. The second kappa shape index (κ2) is 8.77. The largest absolute Gasteiger partial charge is 0.493 e. The van der Waals surface area contributed by atoms with Crippen LogP contribution in [0.15, 0.2) is 18.2 Å². The van der Waals surface area contributed by atoms with E-state index in [4.69, 9.17) is 14.2 Å². The molecule has 4 heteroatoms. The third kappa shape index (κ3) is 5.09. The van der Waals surface area contributed by atoms with Crippen molar-refractivity contribution in [2.24, 2.45) is 0 Å². The van der Waals surface area contributed by atoms with E-state index in [1.807, 2.05) is 12.1 Å². The molecule has 1 atom stereocenters. The normalized spacial score (nSPS) is 12.2. The van der Waals surface area contributed by atoms with Crippen molar-refractivity contribution in [2.45, 2.75) is 26.3 Å². The van der Waals surface area contributed by atoms with Gasteiger partial charge >= 0.3 is 0 Å². The van der Waals surface area contributed by atoms with Gasteiger partial charge in [-0.3, -0.25) is 0 Å². The maximum Gasteiger partial charge on any atom is 0.161 e. The van der Waals surface area contributed by atoms with Gasteiger partial charge in [-0.15, -0.1) is 0 Å². The van der Waals surface area contributed by atoms with Crippen LogP contribution in [0.5, 0.6) is 11.5 Å². The van der Waals surface area contributed by atoms with E-state index in [1.165, 1.54) is 5.56 Å². The quantitative estimate of drug-likeness (QED) is 0.745. The molecule has 0 aliphatic carbocycles. The summed E-state index contributed by atoms with van der Waals surface area (Å²) in [7, 11) is 3.36. The molecular formula is C15H25NO3. The molecule has 1 aromatic carbocycles. The van der Waals surface area contributed by atoms with E-state index in [9.17, 15) is 0 Å². The third-order valence-corrected chi connectivity index (χ3v) is 2.94. The second-order valence-corrected chi connectivity index (χ2v) is 4.36. The van der Waals surface area contributed by atoms with Crippen LogP contribution in [0, 0.1) is 0 Å². The summed E-state index contributed by atoms with van der Waals surface area (Å²) in [5.41, 5.74) is 1.24. The van der Waals surface area contributed by atoms with E-state index in [-0.39, 0.29) is 6.04 Å². The van der Waals surface area contributed by atoms with Crippen LogP contribution in [0.1, 0.15) is 19.4 Å². The fourth-order valence-corrected chi connectivity index (χ4v) is 1.90. The van der Waals surface area contributed by atoms with E-state index in [1.54, 1.807) is 14.2 Å². The molecule has 0 radical (unpaired) electrons. The van der Waals surface area contributed by atoms with Crippen LogP contribution in [0.25, 0.3) is 0 Å². The molecule has 0 aliphatic rings. The summed E-state index contributed by atoms with van der Waals surface area (Å²) in [6.45, 7) is 6.27. The van der Waals surface area contributed by atoms with Gasteiger partial charge in [0.1, 0.15) is 6.61 Å². The van der Waals surface area contributed by atoms with Crippen LogP contribution < -0.4 is 14.8 Å². The Bertz CT molecular complexity index is 362. The van der Waals surface area contributed by atoms with E-state index in [0.717, 1.165) is 24.5 Å². The SMILES string of the molecule is CCNC(COC)COc1ccc(CC)cc1OC. The fraction of sp³-hybridized carbons (Fsp3) is 0.600. The summed E-state index contributed by atoms with van der Waals surface area (Å²) in [5.74, 6) is 1.56. The number of aryl methyl sites for hydroxylation is 1. The van der Waals surface area contributed by atoms with Gasteiger partial charge in [0, 0.05) is 7.11 Å². The average molecular weight is 267 g/mol. The van der Waals surface area contributed by atoms with Gasteiger partial charge < -0.3 is 19.5 Å². The summed E-state index contributed by atoms with van der Waals surface area (Å²) >= 11 is 0. The smallest absolute Gasteiger partial charge is 0.161 e. The van der Waals surface area contributed by atoms with Crippen molar-refractivity contribution >= 4 is 0 Å². The minimum absolute atomic E-state index is 0.186. The van der Waals surface area contributed by atoms with Crippen molar-refractivity contribution in [3.63, 3.8) is 0 Å². The van der Waals surface area contributed by atoms with Gasteiger partial charge in [-0.05, 0) is 30.7 Å². The minimum atomic E-state index is 0.186. The van der Waals surface area contributed by atoms with Crippen LogP contribution in [0.3, 0.4) is 0 Å². The second-order valence-electron chi connectivity index (χ2n) is 4.36. The number of rotatable bonds is 9. The van der Waals surface area contributed by atoms with Crippen molar-refractivity contribution in [3.8, 4) is 11.5 Å². The topological polar surface area (TPSA) is 39.7 Å². The standard InChI is InChI=1S/C15H25NO3/c1-5-12-7-8-14(15(9-12)18-4)19-11-13(10-17-3)16-6-2/h7-9,13,16H,5-6,10-11H2,1-4H3. The maximum absolute atomic E-state index is 5.83. The van der Waals surface area contributed by atoms with E-state index in [2.05, 4.69) is 25.2 Å². The molecule has 1 aromatic rings. The minimum Gasteiger partial charge on any atom is -0.493 e. The van der Waals surface area contributed by atoms with Crippen molar-refractivity contribution in [2.75, 3.05) is 34.0 Å². The van der Waals surface area contributed by atoms with E-state index in [0.29, 0.717) is 13.2 Å². The Morgan fingerprint density at radius 2 is 1.89 bits per heavy atom. The van der Waals surface area contributed by atoms with Gasteiger partial charge in [0.25, 0.3) is 0 Å². The van der Waals surface area contributed by atoms with Gasteiger partial charge in [-0.2, -0.15) is 0 Å². The van der Waals surface area contributed by atoms with Crippen molar-refractivity contribution in [1.29, 1.82) is 0 Å². The highest BCUT2D eigenvalue weighted by Crippen LogP contribution is 2.28. The monoisotopic (exact) mass is 267 g/mol. The number of benzene rings is 1. The molecule has 0 bridgehead atoms. The van der Waals surface area contributed by atoms with Crippen LogP contribution in [-0.4, -0.2) is 40.0 Å². The lowest BCUT2D eigenvalue weighted by Crippen LogP contribution is -2.38. The Balaban J connectivity index is 2.64. The zero-order chi connectivity index (χ0) is 14.1.